The summed E-state index contributed by atoms with van der Waals surface area (Å²) in [6.45, 7) is 5.01. The molecule has 0 amide bonds. The molecule has 0 aliphatic heterocycles. The lowest BCUT2D eigenvalue weighted by Crippen LogP contribution is -2.30. The van der Waals surface area contributed by atoms with Gasteiger partial charge in [-0.05, 0) is 25.7 Å². The molecule has 588 valence electrons. The molecule has 0 saturated heterocycles. The lowest BCUT2D eigenvalue weighted by Gasteiger charge is -2.21. The van der Waals surface area contributed by atoms with E-state index in [0.717, 1.165) is 89.9 Å². The van der Waals surface area contributed by atoms with Gasteiger partial charge < -0.3 is 33.8 Å². The minimum absolute atomic E-state index is 0.108. The maximum Gasteiger partial charge on any atom is 0.472 e. The van der Waals surface area contributed by atoms with Crippen LogP contribution in [0.15, 0.2) is 0 Å². The molecule has 0 saturated carbocycles. The Bertz CT molecular complexity index is 1880. The first-order chi connectivity index (χ1) is 48.2. The van der Waals surface area contributed by atoms with E-state index in [2.05, 4.69) is 27.7 Å². The topological polar surface area (TPSA) is 237 Å². The Morgan fingerprint density at radius 3 is 0.596 bits per heavy atom. The lowest BCUT2D eigenvalue weighted by molar-refractivity contribution is -0.161. The molecule has 0 rings (SSSR count). The number of unbranched alkanes of at least 4 members (excludes halogenated alkanes) is 55. The van der Waals surface area contributed by atoms with Gasteiger partial charge in [-0.15, -0.1) is 0 Å². The minimum Gasteiger partial charge on any atom is -0.462 e. The van der Waals surface area contributed by atoms with Crippen molar-refractivity contribution in [2.75, 3.05) is 39.6 Å². The summed E-state index contributed by atoms with van der Waals surface area (Å²) in [5.74, 6) is -2.11. The summed E-state index contributed by atoms with van der Waals surface area (Å²) < 4.78 is 68.6. The molecular formula is C80H156O17P2. The number of carbonyl (C=O) groups excluding carboxylic acids is 4. The second-order valence-electron chi connectivity index (χ2n) is 28.8. The molecule has 17 nitrogen and oxygen atoms in total. The van der Waals surface area contributed by atoms with Crippen LogP contribution in [0.3, 0.4) is 0 Å². The highest BCUT2D eigenvalue weighted by Crippen LogP contribution is 2.45. The zero-order valence-corrected chi connectivity index (χ0v) is 66.3. The largest absolute Gasteiger partial charge is 0.472 e. The van der Waals surface area contributed by atoms with Crippen molar-refractivity contribution in [2.24, 2.45) is 0 Å². The Labute approximate surface area is 607 Å². The van der Waals surface area contributed by atoms with Gasteiger partial charge in [0.15, 0.2) is 12.2 Å². The number of ether oxygens (including phenoxy) is 4. The van der Waals surface area contributed by atoms with E-state index in [0.29, 0.717) is 25.7 Å². The van der Waals surface area contributed by atoms with E-state index in [1.807, 2.05) is 0 Å². The smallest absolute Gasteiger partial charge is 0.462 e. The van der Waals surface area contributed by atoms with E-state index in [1.54, 1.807) is 0 Å². The fourth-order valence-electron chi connectivity index (χ4n) is 12.5. The number of carbonyl (C=O) groups is 4. The van der Waals surface area contributed by atoms with E-state index in [4.69, 9.17) is 37.0 Å². The fourth-order valence-corrected chi connectivity index (χ4v) is 14.0. The first kappa shape index (κ1) is 97.1. The molecule has 99 heavy (non-hydrogen) atoms. The van der Waals surface area contributed by atoms with E-state index in [1.165, 1.54) is 263 Å². The number of rotatable bonds is 81. The van der Waals surface area contributed by atoms with Gasteiger partial charge in [-0.25, -0.2) is 9.13 Å². The van der Waals surface area contributed by atoms with Gasteiger partial charge in [-0.2, -0.15) is 0 Å². The molecule has 0 aromatic rings. The maximum atomic E-state index is 13.1. The van der Waals surface area contributed by atoms with Gasteiger partial charge in [0.05, 0.1) is 26.4 Å². The Morgan fingerprint density at radius 1 is 0.242 bits per heavy atom. The first-order valence-electron chi connectivity index (χ1n) is 41.8. The van der Waals surface area contributed by atoms with Crippen molar-refractivity contribution >= 4 is 39.5 Å². The Kier molecular flexibility index (Phi) is 72.9. The average Bonchev–Trinajstić information content (AvgIpc) is 1.30. The lowest BCUT2D eigenvalue weighted by atomic mass is 10.0. The van der Waals surface area contributed by atoms with Crippen LogP contribution in [0.25, 0.3) is 0 Å². The quantitative estimate of drug-likeness (QED) is 0.0222. The van der Waals surface area contributed by atoms with E-state index in [-0.39, 0.29) is 25.7 Å². The molecule has 0 spiro atoms. The van der Waals surface area contributed by atoms with Crippen LogP contribution < -0.4 is 0 Å². The Hall–Kier alpha value is -1.94. The third-order valence-electron chi connectivity index (χ3n) is 18.9. The molecular weight excluding hydrogens is 1290 g/mol. The van der Waals surface area contributed by atoms with Gasteiger partial charge in [-0.3, -0.25) is 37.3 Å². The highest BCUT2D eigenvalue weighted by Gasteiger charge is 2.30. The summed E-state index contributed by atoms with van der Waals surface area (Å²) in [6.07, 6.45) is 66.6. The highest BCUT2D eigenvalue weighted by molar-refractivity contribution is 7.47. The van der Waals surface area contributed by atoms with Gasteiger partial charge in [0.25, 0.3) is 0 Å². The van der Waals surface area contributed by atoms with E-state index >= 15 is 0 Å². The summed E-state index contributed by atoms with van der Waals surface area (Å²) in [6, 6.07) is 0. The SMILES string of the molecule is CCCCCCCCCCCCCCCCCCCCCCCCC(=O)O[C@H](COC(=O)CCCCCCCCCCCCCCCC)COP(=O)(O)OC[C@@H](O)COP(=O)(O)OC[C@@H](COC(=O)CCCCCCCCCCCC)OC(=O)CCCCCCCCCCCCCCC. The maximum absolute atomic E-state index is 13.1. The van der Waals surface area contributed by atoms with Crippen molar-refractivity contribution in [3.8, 4) is 0 Å². The van der Waals surface area contributed by atoms with Crippen LogP contribution >= 0.6 is 15.6 Å². The van der Waals surface area contributed by atoms with Gasteiger partial charge in [0.1, 0.15) is 19.3 Å². The number of hydrogen-bond acceptors (Lipinski definition) is 15. The molecule has 0 aliphatic rings. The predicted octanol–water partition coefficient (Wildman–Crippen LogP) is 24.2. The molecule has 19 heteroatoms. The minimum atomic E-state index is -4.96. The number of esters is 4. The van der Waals surface area contributed by atoms with Gasteiger partial charge in [0, 0.05) is 25.7 Å². The third kappa shape index (κ3) is 74.1. The van der Waals surface area contributed by atoms with E-state index < -0.39 is 97.5 Å². The van der Waals surface area contributed by atoms with Crippen molar-refractivity contribution in [1.82, 2.24) is 0 Å². The summed E-state index contributed by atoms with van der Waals surface area (Å²) in [7, 11) is -9.91. The normalized spacial score (nSPS) is 13.8. The number of aliphatic hydroxyl groups excluding tert-OH is 1. The molecule has 5 atom stereocenters. The molecule has 0 aromatic carbocycles. The molecule has 3 N–H and O–H groups in total. The standard InChI is InChI=1S/C80H156O17P2/c1-5-9-13-17-21-25-29-32-34-35-36-37-38-39-40-41-44-47-51-55-59-63-67-80(85)97-76(71-91-78(83)65-61-57-53-49-45-43-33-30-26-22-18-14-10-6-2)73-95-99(88,89)93-69-74(81)68-92-98(86,87)94-72-75(70-90-77(82)64-60-56-52-48-28-24-20-16-12-8-4)96-79(84)66-62-58-54-50-46-42-31-27-23-19-15-11-7-3/h74-76,81H,5-73H2,1-4H3,(H,86,87)(H,88,89)/t74-,75+,76+/m0/s1. The van der Waals surface area contributed by atoms with Crippen molar-refractivity contribution in [3.05, 3.63) is 0 Å². The Balaban J connectivity index is 5.19. The third-order valence-corrected chi connectivity index (χ3v) is 20.8. The van der Waals surface area contributed by atoms with Gasteiger partial charge in [-0.1, -0.05) is 381 Å². The summed E-state index contributed by atoms with van der Waals surface area (Å²) in [4.78, 5) is 72.9. The molecule has 0 heterocycles. The first-order valence-corrected chi connectivity index (χ1v) is 44.8. The van der Waals surface area contributed by atoms with Crippen LogP contribution in [0.5, 0.6) is 0 Å². The molecule has 0 bridgehead atoms. The van der Waals surface area contributed by atoms with Crippen molar-refractivity contribution in [1.29, 1.82) is 0 Å². The molecule has 2 unspecified atom stereocenters. The summed E-state index contributed by atoms with van der Waals surface area (Å²) in [5, 5.41) is 10.6. The molecule has 0 aromatic heterocycles. The molecule has 0 aliphatic carbocycles. The zero-order chi connectivity index (χ0) is 72.5. The number of aliphatic hydroxyl groups is 1. The van der Waals surface area contributed by atoms with Crippen molar-refractivity contribution in [3.63, 3.8) is 0 Å². The second-order valence-corrected chi connectivity index (χ2v) is 31.7. The van der Waals surface area contributed by atoms with Crippen LogP contribution in [-0.4, -0.2) is 96.7 Å². The van der Waals surface area contributed by atoms with Crippen LogP contribution in [0, 0.1) is 0 Å². The van der Waals surface area contributed by atoms with Crippen LogP contribution in [0.2, 0.25) is 0 Å². The zero-order valence-electron chi connectivity index (χ0n) is 64.5. The molecule has 0 radical (unpaired) electrons. The highest BCUT2D eigenvalue weighted by atomic mass is 31.2. The number of phosphoric ester groups is 2. The van der Waals surface area contributed by atoms with Crippen LogP contribution in [-0.2, 0) is 65.4 Å². The summed E-state index contributed by atoms with van der Waals surface area (Å²) in [5.41, 5.74) is 0. The number of hydrogen-bond donors (Lipinski definition) is 3. The van der Waals surface area contributed by atoms with Crippen LogP contribution in [0.4, 0.5) is 0 Å². The second kappa shape index (κ2) is 74.3. The summed E-state index contributed by atoms with van der Waals surface area (Å²) >= 11 is 0. The average molecular weight is 1450 g/mol. The monoisotopic (exact) mass is 1450 g/mol. The van der Waals surface area contributed by atoms with Crippen molar-refractivity contribution < 1.29 is 80.2 Å². The van der Waals surface area contributed by atoms with Crippen molar-refractivity contribution in [2.45, 2.75) is 451 Å². The Morgan fingerprint density at radius 2 is 0.404 bits per heavy atom. The van der Waals surface area contributed by atoms with E-state index in [9.17, 15) is 43.2 Å². The fraction of sp³-hybridized carbons (Fsp3) is 0.950. The van der Waals surface area contributed by atoms with Gasteiger partial charge in [0.2, 0.25) is 0 Å². The van der Waals surface area contributed by atoms with Gasteiger partial charge >= 0.3 is 39.5 Å². The number of phosphoric acid groups is 2. The van der Waals surface area contributed by atoms with Crippen LogP contribution in [0.1, 0.15) is 432 Å². The predicted molar refractivity (Wildman–Crippen MR) is 405 cm³/mol. The molecule has 0 fully saturated rings.